The molecule has 0 atom stereocenters. The molecule has 3 rings (SSSR count). The third kappa shape index (κ3) is 3.46. The normalized spacial score (nSPS) is 10.6. The van der Waals surface area contributed by atoms with Gasteiger partial charge in [0.25, 0.3) is 5.91 Å². The van der Waals surface area contributed by atoms with Gasteiger partial charge in [0.15, 0.2) is 0 Å². The lowest BCUT2D eigenvalue weighted by atomic mass is 10.1. The number of aromatic nitrogens is 1. The first-order valence-corrected chi connectivity index (χ1v) is 8.01. The molecule has 0 spiro atoms. The molecule has 116 valence electrons. The number of carbonyl (C=O) groups is 1. The highest BCUT2D eigenvalue weighted by Gasteiger charge is 2.21. The Balaban J connectivity index is 1.95. The Kier molecular flexibility index (Phi) is 4.50. The molecule has 0 aliphatic carbocycles. The summed E-state index contributed by atoms with van der Waals surface area (Å²) in [4.78, 5) is 12.6. The number of nitrogens with one attached hydrogen (secondary N) is 1. The molecule has 0 aliphatic heterocycles. The maximum Gasteiger partial charge on any atom is 0.261 e. The lowest BCUT2D eigenvalue weighted by Gasteiger charge is -2.06. The van der Waals surface area contributed by atoms with Gasteiger partial charge in [0, 0.05) is 20.7 Å². The fourth-order valence-electron chi connectivity index (χ4n) is 2.20. The van der Waals surface area contributed by atoms with Crippen LogP contribution in [0.2, 0.25) is 5.02 Å². The lowest BCUT2D eigenvalue weighted by molar-refractivity contribution is 0.102. The Morgan fingerprint density at radius 2 is 1.96 bits per heavy atom. The van der Waals surface area contributed by atoms with Crippen molar-refractivity contribution in [3.05, 3.63) is 69.3 Å². The number of hydrogen-bond donors (Lipinski definition) is 1. The molecular formula is C17H12BrClN2O2. The largest absolute Gasteiger partial charge is 0.360 e. The zero-order valence-electron chi connectivity index (χ0n) is 12.1. The summed E-state index contributed by atoms with van der Waals surface area (Å²) in [5, 5.41) is 7.46. The van der Waals surface area contributed by atoms with Crippen molar-refractivity contribution < 1.29 is 9.32 Å². The second-order valence-corrected chi connectivity index (χ2v) is 6.29. The van der Waals surface area contributed by atoms with Crippen molar-refractivity contribution in [1.82, 2.24) is 5.16 Å². The number of aryl methyl sites for hydroxylation is 1. The summed E-state index contributed by atoms with van der Waals surface area (Å²) in [6.07, 6.45) is 0. The molecule has 4 nitrogen and oxygen atoms in total. The Bertz CT molecular complexity index is 859. The molecule has 23 heavy (non-hydrogen) atoms. The van der Waals surface area contributed by atoms with E-state index < -0.39 is 0 Å². The van der Waals surface area contributed by atoms with Crippen LogP contribution in [0.4, 0.5) is 5.69 Å². The number of halogens is 2. The molecule has 1 N–H and O–H groups in total. The minimum Gasteiger partial charge on any atom is -0.360 e. The Morgan fingerprint density at radius 1 is 1.22 bits per heavy atom. The summed E-state index contributed by atoms with van der Waals surface area (Å²) in [7, 11) is 0. The number of hydrogen-bond acceptors (Lipinski definition) is 3. The minimum atomic E-state index is -0.277. The van der Waals surface area contributed by atoms with Crippen molar-refractivity contribution in [2.24, 2.45) is 0 Å². The van der Waals surface area contributed by atoms with Gasteiger partial charge in [-0.3, -0.25) is 4.79 Å². The van der Waals surface area contributed by atoms with Crippen LogP contribution in [0, 0.1) is 6.92 Å². The maximum atomic E-state index is 12.6. The van der Waals surface area contributed by atoms with E-state index in [2.05, 4.69) is 26.4 Å². The van der Waals surface area contributed by atoms with E-state index in [0.717, 1.165) is 10.0 Å². The predicted molar refractivity (Wildman–Crippen MR) is 93.8 cm³/mol. The molecule has 1 aromatic heterocycles. The number of benzene rings is 2. The van der Waals surface area contributed by atoms with Crippen LogP contribution in [0.1, 0.15) is 16.1 Å². The number of rotatable bonds is 3. The molecule has 0 saturated heterocycles. The molecule has 0 radical (unpaired) electrons. The van der Waals surface area contributed by atoms with Gasteiger partial charge in [-0.05, 0) is 43.3 Å². The minimum absolute atomic E-state index is 0.277. The average Bonchev–Trinajstić information content (AvgIpc) is 2.91. The van der Waals surface area contributed by atoms with Gasteiger partial charge in [-0.1, -0.05) is 44.8 Å². The topological polar surface area (TPSA) is 55.1 Å². The third-order valence-electron chi connectivity index (χ3n) is 3.29. The first kappa shape index (κ1) is 15.8. The Labute approximate surface area is 146 Å². The van der Waals surface area contributed by atoms with E-state index in [1.807, 2.05) is 24.3 Å². The first-order chi connectivity index (χ1) is 11.0. The highest BCUT2D eigenvalue weighted by atomic mass is 79.9. The Morgan fingerprint density at radius 3 is 2.65 bits per heavy atom. The number of amides is 1. The second kappa shape index (κ2) is 6.56. The van der Waals surface area contributed by atoms with Crippen LogP contribution in [-0.4, -0.2) is 11.1 Å². The van der Waals surface area contributed by atoms with Crippen molar-refractivity contribution in [1.29, 1.82) is 0 Å². The van der Waals surface area contributed by atoms with Gasteiger partial charge in [-0.25, -0.2) is 0 Å². The standard InChI is InChI=1S/C17H12BrClN2O2/c1-10-15(17(22)20-14-7-5-13(19)6-8-14)16(21-23-10)11-3-2-4-12(18)9-11/h2-9H,1H3,(H,20,22). The summed E-state index contributed by atoms with van der Waals surface area (Å²) in [6, 6.07) is 14.5. The molecule has 0 bridgehead atoms. The van der Waals surface area contributed by atoms with Gasteiger partial charge < -0.3 is 9.84 Å². The van der Waals surface area contributed by atoms with Crippen molar-refractivity contribution >= 4 is 39.1 Å². The zero-order chi connectivity index (χ0) is 16.4. The molecule has 0 fully saturated rings. The zero-order valence-corrected chi connectivity index (χ0v) is 14.5. The van der Waals surface area contributed by atoms with Crippen molar-refractivity contribution in [3.8, 4) is 11.3 Å². The van der Waals surface area contributed by atoms with Gasteiger partial charge in [0.05, 0.1) is 0 Å². The van der Waals surface area contributed by atoms with Gasteiger partial charge in [-0.2, -0.15) is 0 Å². The predicted octanol–water partition coefficient (Wildman–Crippen LogP) is 5.32. The second-order valence-electron chi connectivity index (χ2n) is 4.93. The summed E-state index contributed by atoms with van der Waals surface area (Å²) in [6.45, 7) is 1.71. The van der Waals surface area contributed by atoms with Crippen molar-refractivity contribution in [2.45, 2.75) is 6.92 Å². The average molecular weight is 392 g/mol. The molecule has 6 heteroatoms. The van der Waals surface area contributed by atoms with Crippen LogP contribution >= 0.6 is 27.5 Å². The monoisotopic (exact) mass is 390 g/mol. The highest BCUT2D eigenvalue weighted by molar-refractivity contribution is 9.10. The fourth-order valence-corrected chi connectivity index (χ4v) is 2.72. The van der Waals surface area contributed by atoms with E-state index in [9.17, 15) is 4.79 Å². The summed E-state index contributed by atoms with van der Waals surface area (Å²) >= 11 is 9.27. The number of nitrogens with zero attached hydrogens (tertiary/aromatic N) is 1. The maximum absolute atomic E-state index is 12.6. The smallest absolute Gasteiger partial charge is 0.261 e. The SMILES string of the molecule is Cc1onc(-c2cccc(Br)c2)c1C(=O)Nc1ccc(Cl)cc1. The number of carbonyl (C=O) groups excluding carboxylic acids is 1. The molecule has 1 heterocycles. The highest BCUT2D eigenvalue weighted by Crippen LogP contribution is 2.28. The summed E-state index contributed by atoms with van der Waals surface area (Å²) in [5.74, 6) is 0.187. The van der Waals surface area contributed by atoms with Crippen LogP contribution in [0.5, 0.6) is 0 Å². The molecule has 0 saturated carbocycles. The van der Waals surface area contributed by atoms with E-state index in [-0.39, 0.29) is 5.91 Å². The molecule has 0 aliphatic rings. The van der Waals surface area contributed by atoms with Crippen LogP contribution < -0.4 is 5.32 Å². The van der Waals surface area contributed by atoms with Crippen LogP contribution in [0.15, 0.2) is 57.5 Å². The van der Waals surface area contributed by atoms with Gasteiger partial charge >= 0.3 is 0 Å². The van der Waals surface area contributed by atoms with Crippen LogP contribution in [-0.2, 0) is 0 Å². The third-order valence-corrected chi connectivity index (χ3v) is 4.04. The number of anilines is 1. The lowest BCUT2D eigenvalue weighted by Crippen LogP contribution is -2.13. The van der Waals surface area contributed by atoms with Crippen molar-refractivity contribution in [3.63, 3.8) is 0 Å². The Hall–Kier alpha value is -2.11. The summed E-state index contributed by atoms with van der Waals surface area (Å²) < 4.78 is 6.12. The van der Waals surface area contributed by atoms with Gasteiger partial charge in [0.2, 0.25) is 0 Å². The molecule has 0 unspecified atom stereocenters. The molecule has 1 amide bonds. The molecule has 2 aromatic carbocycles. The van der Waals surface area contributed by atoms with Crippen LogP contribution in [0.25, 0.3) is 11.3 Å². The van der Waals surface area contributed by atoms with E-state index in [0.29, 0.717) is 27.7 Å². The van der Waals surface area contributed by atoms with E-state index in [1.54, 1.807) is 31.2 Å². The first-order valence-electron chi connectivity index (χ1n) is 6.84. The summed E-state index contributed by atoms with van der Waals surface area (Å²) in [5.41, 5.74) is 2.38. The fraction of sp³-hybridized carbons (Fsp3) is 0.0588. The van der Waals surface area contributed by atoms with Crippen molar-refractivity contribution in [2.75, 3.05) is 5.32 Å². The van der Waals surface area contributed by atoms with E-state index in [4.69, 9.17) is 16.1 Å². The van der Waals surface area contributed by atoms with Crippen LogP contribution in [0.3, 0.4) is 0 Å². The van der Waals surface area contributed by atoms with E-state index in [1.165, 1.54) is 0 Å². The van der Waals surface area contributed by atoms with Gasteiger partial charge in [-0.15, -0.1) is 0 Å². The molecule has 3 aromatic rings. The quantitative estimate of drug-likeness (QED) is 0.657. The van der Waals surface area contributed by atoms with Gasteiger partial charge in [0.1, 0.15) is 17.0 Å². The molecular weight excluding hydrogens is 380 g/mol. The van der Waals surface area contributed by atoms with E-state index >= 15 is 0 Å².